The molecule has 0 spiro atoms. The summed E-state index contributed by atoms with van der Waals surface area (Å²) in [6, 6.07) is 0. The molecule has 0 aromatic heterocycles. The standard InChI is InChI=1S/C65H108O6/c1-4-7-10-13-16-19-22-25-27-28-29-30-31-32-33-34-35-36-37-38-39-41-43-46-49-52-55-58-64(67)70-61-62(60-69-63(66)57-54-51-48-45-42-24-21-18-15-12-9-6-3)71-65(68)59-56-53-50-47-44-40-26-23-20-17-14-11-8-5-2/h7,10,14,16-19,21,23,25-27,29-30,32-33,35-36,62H,4-6,8-9,11-13,15,20,22,24,28,31,34,37-61H2,1-3H3/b10-7-,17-14-,19-16-,21-18-,26-23-,27-25-,30-29-,33-32-,36-35-. The number of ether oxygens (including phenoxy) is 3. The first-order valence-electron chi connectivity index (χ1n) is 29.4. The molecule has 71 heavy (non-hydrogen) atoms. The van der Waals surface area contributed by atoms with E-state index in [-0.39, 0.29) is 31.1 Å². The third-order valence-electron chi connectivity index (χ3n) is 12.2. The number of esters is 3. The Bertz CT molecular complexity index is 1460. The quantitative estimate of drug-likeness (QED) is 0.0261. The highest BCUT2D eigenvalue weighted by atomic mass is 16.6. The molecule has 0 radical (unpaired) electrons. The van der Waals surface area contributed by atoms with Crippen LogP contribution in [0.4, 0.5) is 0 Å². The van der Waals surface area contributed by atoms with Crippen LogP contribution in [0.1, 0.15) is 265 Å². The largest absolute Gasteiger partial charge is 0.462 e. The summed E-state index contributed by atoms with van der Waals surface area (Å²) in [7, 11) is 0. The number of hydrogen-bond donors (Lipinski definition) is 0. The molecule has 0 rings (SSSR count). The van der Waals surface area contributed by atoms with Crippen LogP contribution in [0.2, 0.25) is 0 Å². The van der Waals surface area contributed by atoms with Crippen LogP contribution in [0.15, 0.2) is 109 Å². The molecule has 0 N–H and O–H groups in total. The summed E-state index contributed by atoms with van der Waals surface area (Å²) >= 11 is 0. The number of carbonyl (C=O) groups excluding carboxylic acids is 3. The van der Waals surface area contributed by atoms with Gasteiger partial charge < -0.3 is 14.2 Å². The van der Waals surface area contributed by atoms with Gasteiger partial charge in [0.15, 0.2) is 6.10 Å². The molecule has 0 fully saturated rings. The van der Waals surface area contributed by atoms with E-state index in [9.17, 15) is 14.4 Å². The number of unbranched alkanes of at least 4 members (excludes halogenated alkanes) is 23. The van der Waals surface area contributed by atoms with Gasteiger partial charge in [-0.3, -0.25) is 14.4 Å². The van der Waals surface area contributed by atoms with Gasteiger partial charge in [0.1, 0.15) is 13.2 Å². The average Bonchev–Trinajstić information content (AvgIpc) is 3.37. The van der Waals surface area contributed by atoms with E-state index in [0.717, 1.165) is 135 Å². The Balaban J connectivity index is 4.32. The first-order chi connectivity index (χ1) is 35.0. The van der Waals surface area contributed by atoms with Gasteiger partial charge in [0.25, 0.3) is 0 Å². The van der Waals surface area contributed by atoms with Crippen molar-refractivity contribution in [3.05, 3.63) is 109 Å². The van der Waals surface area contributed by atoms with E-state index in [4.69, 9.17) is 14.2 Å². The zero-order valence-electron chi connectivity index (χ0n) is 46.2. The van der Waals surface area contributed by atoms with Gasteiger partial charge in [0.05, 0.1) is 0 Å². The molecule has 0 aromatic rings. The maximum absolute atomic E-state index is 12.8. The predicted molar refractivity (Wildman–Crippen MR) is 307 cm³/mol. The molecule has 1 atom stereocenters. The zero-order chi connectivity index (χ0) is 51.4. The summed E-state index contributed by atoms with van der Waals surface area (Å²) in [6.45, 7) is 6.43. The summed E-state index contributed by atoms with van der Waals surface area (Å²) < 4.78 is 16.8. The highest BCUT2D eigenvalue weighted by molar-refractivity contribution is 5.71. The molecule has 0 aliphatic carbocycles. The summed E-state index contributed by atoms with van der Waals surface area (Å²) in [4.78, 5) is 38.1. The normalized spacial score (nSPS) is 12.9. The molecular weight excluding hydrogens is 877 g/mol. The van der Waals surface area contributed by atoms with Gasteiger partial charge in [0, 0.05) is 19.3 Å². The Morgan fingerprint density at radius 1 is 0.296 bits per heavy atom. The fourth-order valence-electron chi connectivity index (χ4n) is 7.81. The molecule has 1 unspecified atom stereocenters. The lowest BCUT2D eigenvalue weighted by Crippen LogP contribution is -2.30. The second kappa shape index (κ2) is 58.6. The monoisotopic (exact) mass is 985 g/mol. The molecule has 0 heterocycles. The Kier molecular flexibility index (Phi) is 55.4. The number of carbonyl (C=O) groups is 3. The van der Waals surface area contributed by atoms with E-state index in [2.05, 4.69) is 130 Å². The smallest absolute Gasteiger partial charge is 0.306 e. The Morgan fingerprint density at radius 3 is 0.915 bits per heavy atom. The van der Waals surface area contributed by atoms with Crippen LogP contribution in [0.3, 0.4) is 0 Å². The molecular formula is C65H108O6. The lowest BCUT2D eigenvalue weighted by Gasteiger charge is -2.18. The van der Waals surface area contributed by atoms with Gasteiger partial charge in [-0.05, 0) is 122 Å². The van der Waals surface area contributed by atoms with Crippen molar-refractivity contribution in [2.75, 3.05) is 13.2 Å². The minimum atomic E-state index is -0.793. The molecule has 6 nitrogen and oxygen atoms in total. The van der Waals surface area contributed by atoms with E-state index in [1.807, 2.05) is 0 Å². The SMILES string of the molecule is CC/C=C\C/C=C\C/C=C\C/C=C\C/C=C\C/C=C\CCCCCCCCCCC(=O)OCC(COC(=O)CCCCCCC/C=C\CCCCC)OC(=O)CCCCCCC/C=C\C/C=C\CCCC. The van der Waals surface area contributed by atoms with Gasteiger partial charge in [-0.25, -0.2) is 0 Å². The topological polar surface area (TPSA) is 78.9 Å². The van der Waals surface area contributed by atoms with E-state index in [0.29, 0.717) is 19.3 Å². The van der Waals surface area contributed by atoms with Crippen LogP contribution >= 0.6 is 0 Å². The van der Waals surface area contributed by atoms with Crippen LogP contribution in [-0.4, -0.2) is 37.2 Å². The maximum Gasteiger partial charge on any atom is 0.306 e. The molecule has 0 aliphatic rings. The van der Waals surface area contributed by atoms with Gasteiger partial charge in [-0.1, -0.05) is 233 Å². The Hall–Kier alpha value is -3.93. The fraction of sp³-hybridized carbons (Fsp3) is 0.677. The lowest BCUT2D eigenvalue weighted by molar-refractivity contribution is -0.167. The molecule has 404 valence electrons. The lowest BCUT2D eigenvalue weighted by atomic mass is 10.1. The molecule has 0 aliphatic heterocycles. The van der Waals surface area contributed by atoms with Crippen LogP contribution in [0, 0.1) is 0 Å². The van der Waals surface area contributed by atoms with Crippen LogP contribution < -0.4 is 0 Å². The molecule has 0 amide bonds. The van der Waals surface area contributed by atoms with Gasteiger partial charge in [-0.2, -0.15) is 0 Å². The minimum Gasteiger partial charge on any atom is -0.462 e. The molecule has 0 saturated heterocycles. The third-order valence-corrected chi connectivity index (χ3v) is 12.2. The van der Waals surface area contributed by atoms with Crippen molar-refractivity contribution in [1.82, 2.24) is 0 Å². The molecule has 6 heteroatoms. The van der Waals surface area contributed by atoms with Gasteiger partial charge >= 0.3 is 17.9 Å². The van der Waals surface area contributed by atoms with E-state index >= 15 is 0 Å². The summed E-state index contributed by atoms with van der Waals surface area (Å²) in [5.74, 6) is -0.922. The van der Waals surface area contributed by atoms with Crippen molar-refractivity contribution in [1.29, 1.82) is 0 Å². The van der Waals surface area contributed by atoms with Crippen molar-refractivity contribution < 1.29 is 28.6 Å². The second-order valence-electron chi connectivity index (χ2n) is 19.2. The van der Waals surface area contributed by atoms with Crippen LogP contribution in [-0.2, 0) is 28.6 Å². The maximum atomic E-state index is 12.8. The van der Waals surface area contributed by atoms with Crippen molar-refractivity contribution in [3.8, 4) is 0 Å². The second-order valence-corrected chi connectivity index (χ2v) is 19.2. The summed E-state index contributed by atoms with van der Waals surface area (Å²) in [6.07, 6.45) is 79.4. The number of rotatable bonds is 52. The van der Waals surface area contributed by atoms with E-state index in [1.165, 1.54) is 89.9 Å². The summed E-state index contributed by atoms with van der Waals surface area (Å²) in [5, 5.41) is 0. The van der Waals surface area contributed by atoms with Gasteiger partial charge in [0.2, 0.25) is 0 Å². The number of hydrogen-bond acceptors (Lipinski definition) is 6. The van der Waals surface area contributed by atoms with Crippen molar-refractivity contribution >= 4 is 17.9 Å². The zero-order valence-corrected chi connectivity index (χ0v) is 46.2. The average molecular weight is 986 g/mol. The molecule has 0 bridgehead atoms. The van der Waals surface area contributed by atoms with E-state index in [1.54, 1.807) is 0 Å². The molecule has 0 aromatic carbocycles. The number of allylic oxidation sites excluding steroid dienone is 18. The molecule has 0 saturated carbocycles. The third kappa shape index (κ3) is 56.9. The Morgan fingerprint density at radius 2 is 0.563 bits per heavy atom. The first-order valence-corrected chi connectivity index (χ1v) is 29.4. The van der Waals surface area contributed by atoms with Crippen LogP contribution in [0.25, 0.3) is 0 Å². The van der Waals surface area contributed by atoms with Gasteiger partial charge in [-0.15, -0.1) is 0 Å². The fourth-order valence-corrected chi connectivity index (χ4v) is 7.81. The first kappa shape index (κ1) is 67.1. The highest BCUT2D eigenvalue weighted by Gasteiger charge is 2.19. The van der Waals surface area contributed by atoms with Crippen molar-refractivity contribution in [2.24, 2.45) is 0 Å². The van der Waals surface area contributed by atoms with Crippen molar-refractivity contribution in [2.45, 2.75) is 271 Å². The van der Waals surface area contributed by atoms with E-state index < -0.39 is 6.10 Å². The van der Waals surface area contributed by atoms with Crippen molar-refractivity contribution in [3.63, 3.8) is 0 Å². The van der Waals surface area contributed by atoms with Crippen LogP contribution in [0.5, 0.6) is 0 Å². The summed E-state index contributed by atoms with van der Waals surface area (Å²) in [5.41, 5.74) is 0. The predicted octanol–water partition coefficient (Wildman–Crippen LogP) is 19.9. The Labute approximate surface area is 438 Å². The minimum absolute atomic E-state index is 0.0914. The highest BCUT2D eigenvalue weighted by Crippen LogP contribution is 2.14.